The second-order valence-corrected chi connectivity index (χ2v) is 20.6. The summed E-state index contributed by atoms with van der Waals surface area (Å²) < 4.78 is 0. The zero-order valence-corrected chi connectivity index (χ0v) is 40.2. The molecule has 1 aliphatic rings. The summed E-state index contributed by atoms with van der Waals surface area (Å²) in [4.78, 5) is 0. The number of aryl methyl sites for hydroxylation is 6. The van der Waals surface area contributed by atoms with Crippen molar-refractivity contribution in [3.8, 4) is 33.4 Å². The first kappa shape index (κ1) is 43.8. The first-order valence-electron chi connectivity index (χ1n) is 20.4. The van der Waals surface area contributed by atoms with Crippen molar-refractivity contribution in [1.29, 1.82) is 0 Å². The van der Waals surface area contributed by atoms with Crippen LogP contribution in [-0.2, 0) is 33.7 Å². The molecule has 4 heteroatoms. The van der Waals surface area contributed by atoms with Crippen LogP contribution in [0.4, 0.5) is 0 Å². The van der Waals surface area contributed by atoms with Crippen LogP contribution in [0.2, 0.25) is 0 Å². The first-order chi connectivity index (χ1) is 28.1. The van der Waals surface area contributed by atoms with Crippen molar-refractivity contribution in [2.24, 2.45) is 0 Å². The van der Waals surface area contributed by atoms with E-state index in [1.807, 2.05) is 6.07 Å². The molecule has 9 rings (SSSR count). The van der Waals surface area contributed by atoms with E-state index in [-0.39, 0.29) is 0 Å². The monoisotopic (exact) mass is 889 g/mol. The Morgan fingerprint density at radius 2 is 1.00 bits per heavy atom. The summed E-state index contributed by atoms with van der Waals surface area (Å²) in [5.41, 5.74) is 19.4. The molecule has 2 radical (unpaired) electrons. The van der Waals surface area contributed by atoms with Gasteiger partial charge in [-0.25, -0.2) is 0 Å². The van der Waals surface area contributed by atoms with E-state index < -0.39 is 20.8 Å². The number of halogens is 2. The normalized spacial score (nSPS) is 11.1. The van der Waals surface area contributed by atoms with Crippen LogP contribution < -0.4 is 10.4 Å². The van der Waals surface area contributed by atoms with Crippen molar-refractivity contribution in [2.75, 3.05) is 0 Å². The van der Waals surface area contributed by atoms with Gasteiger partial charge in [0.05, 0.1) is 9.52 Å². The van der Waals surface area contributed by atoms with Crippen molar-refractivity contribution in [3.05, 3.63) is 178 Å². The maximum Gasteiger partial charge on any atom is 0.0920 e. The Hall–Kier alpha value is -3.78. The maximum absolute atomic E-state index is 4.93. The van der Waals surface area contributed by atoms with E-state index in [1.54, 1.807) is 0 Å². The van der Waals surface area contributed by atoms with Crippen molar-refractivity contribution in [2.45, 2.75) is 81.1 Å². The molecule has 0 N–H and O–H groups in total. The summed E-state index contributed by atoms with van der Waals surface area (Å²) in [6, 6.07) is 50.2. The number of hydrogen-bond acceptors (Lipinski definition) is 0. The van der Waals surface area contributed by atoms with Crippen LogP contribution in [0.3, 0.4) is 0 Å². The van der Waals surface area contributed by atoms with Gasteiger partial charge in [0.25, 0.3) is 0 Å². The second kappa shape index (κ2) is 20.5. The minimum absolute atomic E-state index is 0.795. The first-order valence-corrected chi connectivity index (χ1v) is 27.8. The van der Waals surface area contributed by atoms with Gasteiger partial charge in [0.1, 0.15) is 0 Å². The fraction of sp³-hybridized carbons (Fsp3) is 0.222. The molecular weight excluding hydrogens is 839 g/mol. The van der Waals surface area contributed by atoms with Crippen molar-refractivity contribution in [3.63, 3.8) is 0 Å². The van der Waals surface area contributed by atoms with Crippen LogP contribution in [0.1, 0.15) is 71.2 Å². The molecule has 0 amide bonds. The zero-order chi connectivity index (χ0) is 41.3. The minimum atomic E-state index is -0.826. The number of hydrogen-bond donors (Lipinski definition) is 0. The molecule has 8 aromatic carbocycles. The molecule has 294 valence electrons. The summed E-state index contributed by atoms with van der Waals surface area (Å²) in [7, 11) is 10.7. The van der Waals surface area contributed by atoms with Crippen LogP contribution in [0.25, 0.3) is 54.9 Å². The molecule has 0 fully saturated rings. The predicted octanol–water partition coefficient (Wildman–Crippen LogP) is 14.7. The molecule has 0 atom stereocenters. The molecule has 0 bridgehead atoms. The van der Waals surface area contributed by atoms with E-state index in [0.29, 0.717) is 0 Å². The van der Waals surface area contributed by atoms with Gasteiger partial charge in [0, 0.05) is 0 Å². The Labute approximate surface area is 368 Å². The maximum atomic E-state index is 4.93. The molecule has 58 heavy (non-hydrogen) atoms. The van der Waals surface area contributed by atoms with Crippen molar-refractivity contribution in [1.82, 2.24) is 0 Å². The molecule has 0 aliphatic carbocycles. The van der Waals surface area contributed by atoms with E-state index in [4.69, 9.17) is 17.0 Å². The Morgan fingerprint density at radius 1 is 0.534 bits per heavy atom. The number of rotatable bonds is 6. The third-order valence-electron chi connectivity index (χ3n) is 11.2. The summed E-state index contributed by atoms with van der Waals surface area (Å²) >= 11 is -0.826. The van der Waals surface area contributed by atoms with Crippen LogP contribution in [0.5, 0.6) is 0 Å². The third kappa shape index (κ3) is 10.1. The van der Waals surface area contributed by atoms with E-state index >= 15 is 0 Å². The average molecular weight is 892 g/mol. The SMILES string of the molecule is CCCc1cc2c(-c3cc(C)cc(C)c3C)cccc2[cH-]1.CCCc1cc2c(-c3cc(C)cc(C)c3C)cccc2[cH-]1.[Cl][Zr][Cl].[c-]1cccc2c1[Si]c1ccccc1-2. The topological polar surface area (TPSA) is 0 Å². The fourth-order valence-corrected chi connectivity index (χ4v) is 9.60. The van der Waals surface area contributed by atoms with Gasteiger partial charge in [-0.2, -0.15) is 41.6 Å². The largest absolute Gasteiger partial charge is 0.184 e. The van der Waals surface area contributed by atoms with Gasteiger partial charge >= 0.3 is 37.9 Å². The summed E-state index contributed by atoms with van der Waals surface area (Å²) in [6.07, 6.45) is 4.74. The number of fused-ring (bicyclic) bond motifs is 5. The Balaban J connectivity index is 0.000000145. The van der Waals surface area contributed by atoms with E-state index in [0.717, 1.165) is 9.52 Å². The standard InChI is InChI=1S/2C21H23.C12H7Si.2ClH.Zr/c2*1-5-7-17-12-18-8-6-9-19(21(18)13-17)20-11-14(2)10-15(3)16(20)4;1-3-7-11-9(5-1)10-6-2-4-8-12(10)13-11;;;/h2*6,8-13H,5,7H2,1-4H3;1-7H;2*1H;/q3*-1;;;+2/p-2. The smallest absolute Gasteiger partial charge is 0.0920 e. The van der Waals surface area contributed by atoms with Crippen LogP contribution in [-0.4, -0.2) is 9.52 Å². The van der Waals surface area contributed by atoms with E-state index in [9.17, 15) is 0 Å². The fourth-order valence-electron chi connectivity index (χ4n) is 8.29. The van der Waals surface area contributed by atoms with Gasteiger partial charge in [0.15, 0.2) is 0 Å². The molecule has 1 heterocycles. The molecule has 1 aliphatic heterocycles. The van der Waals surface area contributed by atoms with Gasteiger partial charge in [-0.3, -0.25) is 0 Å². The number of benzene rings is 6. The quantitative estimate of drug-likeness (QED) is 0.115. The Kier molecular flexibility index (Phi) is 15.4. The molecule has 0 saturated heterocycles. The predicted molar refractivity (Wildman–Crippen MR) is 254 cm³/mol. The zero-order valence-electron chi connectivity index (χ0n) is 35.2. The van der Waals surface area contributed by atoms with Gasteiger partial charge in [-0.05, 0) is 87.8 Å². The van der Waals surface area contributed by atoms with Crippen molar-refractivity contribution >= 4 is 58.5 Å². The van der Waals surface area contributed by atoms with Crippen molar-refractivity contribution < 1.29 is 20.8 Å². The molecule has 0 spiro atoms. The van der Waals surface area contributed by atoms with E-state index in [2.05, 4.69) is 183 Å². The van der Waals surface area contributed by atoms with Gasteiger partial charge < -0.3 is 0 Å². The van der Waals surface area contributed by atoms with Gasteiger partial charge in [-0.1, -0.05) is 120 Å². The van der Waals surface area contributed by atoms with Crippen LogP contribution in [0, 0.1) is 47.6 Å². The Morgan fingerprint density at radius 3 is 1.50 bits per heavy atom. The molecular formula is C54H53Cl2SiZr-3. The second-order valence-electron chi connectivity index (χ2n) is 15.6. The minimum Gasteiger partial charge on any atom is -0.184 e. The Bertz CT molecular complexity index is 2460. The molecule has 0 saturated carbocycles. The van der Waals surface area contributed by atoms with E-state index in [1.165, 1.54) is 135 Å². The van der Waals surface area contributed by atoms with Gasteiger partial charge in [-0.15, -0.1) is 74.6 Å². The molecule has 0 nitrogen and oxygen atoms in total. The summed E-state index contributed by atoms with van der Waals surface area (Å²) in [6.45, 7) is 17.7. The molecule has 0 unspecified atom stereocenters. The average Bonchev–Trinajstić information content (AvgIpc) is 3.93. The van der Waals surface area contributed by atoms with Crippen LogP contribution in [0.15, 0.2) is 127 Å². The summed E-state index contributed by atoms with van der Waals surface area (Å²) in [5.74, 6) is 0. The molecule has 0 aromatic heterocycles. The summed E-state index contributed by atoms with van der Waals surface area (Å²) in [5, 5.41) is 8.36. The third-order valence-corrected chi connectivity index (χ3v) is 12.6. The van der Waals surface area contributed by atoms with Gasteiger partial charge in [0.2, 0.25) is 0 Å². The van der Waals surface area contributed by atoms with Crippen LogP contribution >= 0.6 is 17.0 Å². The molecule has 8 aromatic rings.